The summed E-state index contributed by atoms with van der Waals surface area (Å²) in [4.78, 5) is 57.1. The summed E-state index contributed by atoms with van der Waals surface area (Å²) in [6, 6.07) is 12.0. The first-order valence-electron chi connectivity index (χ1n) is 26.8. The number of nitrogens with one attached hydrogen (secondary N) is 4. The smallest absolute Gasteiger partial charge is 0.407 e. The fraction of sp³-hybridized carbons (Fsp3) is 0.603. The highest BCUT2D eigenvalue weighted by Gasteiger charge is 2.51. The number of aromatic amines is 1. The fourth-order valence-corrected chi connectivity index (χ4v) is 12.8. The lowest BCUT2D eigenvalue weighted by molar-refractivity contribution is -0.137. The van der Waals surface area contributed by atoms with Gasteiger partial charge < -0.3 is 40.4 Å². The van der Waals surface area contributed by atoms with E-state index in [-0.39, 0.29) is 59.9 Å². The van der Waals surface area contributed by atoms with E-state index >= 15 is 0 Å². The van der Waals surface area contributed by atoms with E-state index in [0.717, 1.165) is 106 Å². The van der Waals surface area contributed by atoms with Crippen LogP contribution in [0.3, 0.4) is 0 Å². The molecule has 2 saturated carbocycles. The number of aromatic nitrogens is 2. The number of hydrogen-bond acceptors (Lipinski definition) is 10. The van der Waals surface area contributed by atoms with Crippen LogP contribution in [0.15, 0.2) is 47.6 Å². The number of aliphatic imine (C=N–C) groups is 1. The van der Waals surface area contributed by atoms with Crippen LogP contribution in [0.5, 0.6) is 0 Å². The first kappa shape index (κ1) is 51.1. The molecule has 5 N–H and O–H groups in total. The maximum Gasteiger partial charge on any atom is 0.407 e. The van der Waals surface area contributed by atoms with Gasteiger partial charge in [-0.15, -0.1) is 0 Å². The summed E-state index contributed by atoms with van der Waals surface area (Å²) in [6.07, 6.45) is 12.7. The molecule has 12 rings (SSSR count). The number of nitrogens with zero attached hydrogens (tertiary/aromatic N) is 4. The summed E-state index contributed by atoms with van der Waals surface area (Å²) in [7, 11) is 2.68. The molecule has 12 atom stereocenters. The molecule has 72 heavy (non-hydrogen) atoms. The number of likely N-dealkylation sites (tertiary alicyclic amines) is 2. The Morgan fingerprint density at radius 1 is 0.792 bits per heavy atom. The zero-order valence-corrected chi connectivity index (χ0v) is 43.6. The lowest BCUT2D eigenvalue weighted by Crippen LogP contribution is -2.57. The highest BCUT2D eigenvalue weighted by Crippen LogP contribution is 2.47. The molecule has 3 amide bonds. The van der Waals surface area contributed by atoms with Crippen molar-refractivity contribution in [3.05, 3.63) is 87.5 Å². The Morgan fingerprint density at radius 3 is 2.21 bits per heavy atom. The van der Waals surface area contributed by atoms with Crippen LogP contribution in [0, 0.1) is 47.4 Å². The number of imidazole rings is 1. The van der Waals surface area contributed by atoms with Gasteiger partial charge in [0.05, 0.1) is 44.6 Å². The third-order valence-corrected chi connectivity index (χ3v) is 16.8. The summed E-state index contributed by atoms with van der Waals surface area (Å²) in [6.45, 7) is 12.3. The van der Waals surface area contributed by atoms with Crippen molar-refractivity contribution in [3.63, 3.8) is 0 Å². The Bertz CT molecular complexity index is 2640. The average molecular weight is 981 g/mol. The number of amidine groups is 1. The third-order valence-electron chi connectivity index (χ3n) is 16.8. The molecule has 9 aliphatic rings. The van der Waals surface area contributed by atoms with Crippen LogP contribution in [0.1, 0.15) is 163 Å². The third kappa shape index (κ3) is 10.8. The highest BCUT2D eigenvalue weighted by molar-refractivity contribution is 5.96. The Kier molecular flexibility index (Phi) is 15.7. The van der Waals surface area contributed by atoms with Crippen molar-refractivity contribution in [1.29, 1.82) is 0 Å². The van der Waals surface area contributed by atoms with Crippen LogP contribution in [-0.2, 0) is 33.5 Å². The summed E-state index contributed by atoms with van der Waals surface area (Å²) in [5.41, 5.74) is 7.60. The molecule has 12 unspecified atom stereocenters. The van der Waals surface area contributed by atoms with Crippen LogP contribution in [-0.4, -0.2) is 112 Å². The minimum atomic E-state index is -0.906. The lowest BCUT2D eigenvalue weighted by atomic mass is 9.84. The SMILES string of the molecule is COC(=O)NC(C(=O)N1C(C2=NC(C#Cc3cc4ccc3CCc3ccc(c(C#Cc5cnc(C6CC7CCCCC7N6C(O)C(NC(=O)OC)C(C)C)[nH]5)c3)CC4C)C(C)N2)CC2CCCCC21)C(C)C. The number of benzene rings is 2. The number of ether oxygens (including phenoxy) is 2. The van der Waals surface area contributed by atoms with Crippen molar-refractivity contribution in [1.82, 2.24) is 35.7 Å². The van der Waals surface area contributed by atoms with Gasteiger partial charge in [0.25, 0.3) is 0 Å². The number of alkyl carbamates (subject to hydrolysis) is 2. The van der Waals surface area contributed by atoms with Gasteiger partial charge in [0.2, 0.25) is 5.91 Å². The Labute approximate surface area is 426 Å². The number of aliphatic hydroxyl groups is 1. The fourth-order valence-electron chi connectivity index (χ4n) is 12.8. The molecule has 1 aromatic heterocycles. The van der Waals surface area contributed by atoms with Crippen LogP contribution in [0.4, 0.5) is 9.59 Å². The van der Waals surface area contributed by atoms with Gasteiger partial charge in [-0.1, -0.05) is 102 Å². The van der Waals surface area contributed by atoms with Gasteiger partial charge >= 0.3 is 12.2 Å². The molecule has 14 nitrogen and oxygen atoms in total. The van der Waals surface area contributed by atoms with Crippen LogP contribution in [0.2, 0.25) is 0 Å². The van der Waals surface area contributed by atoms with E-state index in [0.29, 0.717) is 11.8 Å². The van der Waals surface area contributed by atoms with Crippen LogP contribution < -0.4 is 16.0 Å². The first-order chi connectivity index (χ1) is 34.7. The number of hydrogen-bond donors (Lipinski definition) is 5. The molecular formula is C58H76N8O6. The van der Waals surface area contributed by atoms with Crippen molar-refractivity contribution >= 4 is 23.9 Å². The average Bonchev–Trinajstić information content (AvgIpc) is 4.18. The number of H-pyrrole nitrogens is 1. The highest BCUT2D eigenvalue weighted by atomic mass is 16.5. The van der Waals surface area contributed by atoms with Crippen LogP contribution in [0.25, 0.3) is 0 Å². The van der Waals surface area contributed by atoms with E-state index in [1.165, 1.54) is 42.9 Å². The number of fused-ring (bicyclic) bond motifs is 2. The van der Waals surface area contributed by atoms with E-state index in [1.807, 2.05) is 38.8 Å². The number of rotatable bonds is 9. The van der Waals surface area contributed by atoms with E-state index in [2.05, 4.69) is 99.8 Å². The van der Waals surface area contributed by atoms with E-state index in [9.17, 15) is 19.5 Å². The molecule has 4 fully saturated rings. The van der Waals surface area contributed by atoms with Gasteiger partial charge in [-0.3, -0.25) is 14.7 Å². The van der Waals surface area contributed by atoms with Gasteiger partial charge in [-0.05, 0) is 135 Å². The zero-order chi connectivity index (χ0) is 50.8. The number of aliphatic hydroxyl groups excluding tert-OH is 1. The summed E-state index contributed by atoms with van der Waals surface area (Å²) in [5.74, 6) is 16.6. The molecule has 2 aromatic carbocycles. The Balaban J connectivity index is 0.924. The minimum Gasteiger partial charge on any atom is -0.453 e. The maximum atomic E-state index is 14.4. The predicted molar refractivity (Wildman–Crippen MR) is 278 cm³/mol. The van der Waals surface area contributed by atoms with Gasteiger partial charge in [0.15, 0.2) is 0 Å². The first-order valence-corrected chi connectivity index (χ1v) is 26.8. The number of carbonyl (C=O) groups excluding carboxylic acids is 3. The second kappa shape index (κ2) is 22.1. The van der Waals surface area contributed by atoms with Crippen molar-refractivity contribution < 1.29 is 29.0 Å². The van der Waals surface area contributed by atoms with Crippen LogP contribution >= 0.6 is 0 Å². The Hall–Kier alpha value is -5.83. The Morgan fingerprint density at radius 2 is 1.47 bits per heavy atom. The molecule has 0 spiro atoms. The van der Waals surface area contributed by atoms with Gasteiger partial charge in [0, 0.05) is 23.2 Å². The van der Waals surface area contributed by atoms with Gasteiger partial charge in [0.1, 0.15) is 35.7 Å². The number of amides is 3. The molecule has 6 aliphatic carbocycles. The molecule has 14 heteroatoms. The predicted octanol–water partition coefficient (Wildman–Crippen LogP) is 7.91. The van der Waals surface area contributed by atoms with E-state index in [1.54, 1.807) is 0 Å². The molecular weight excluding hydrogens is 905 g/mol. The second-order valence-corrected chi connectivity index (χ2v) is 22.2. The molecule has 384 valence electrons. The maximum absolute atomic E-state index is 14.4. The normalized spacial score (nSPS) is 27.9. The standard InChI is InChI=1S/C58H76N8O6/c1-33(2)51(63-57(69)71-7)55(67)65-47-15-11-9-13-43(47)30-49(65)53-59-32-45(61-53)25-23-41-28-37-17-19-38-21-22-39(35(5)27-40(41)20-18-37)29-42(38)24-26-46-36(6)60-54(62-46)50-31-44-14-10-12-16-48(44)66(50)56(68)52(34(3)4)64-58(70)72-8/h18,20-22,28-29,32-36,43-44,46-52,55,67H,9-17,19,27,30-31H2,1-8H3,(H,59,61)(H,60,62)(H,63,69)(H,64,70). The number of methoxy groups -OCH3 is 2. The largest absolute Gasteiger partial charge is 0.453 e. The second-order valence-electron chi connectivity index (χ2n) is 22.2. The van der Waals surface area contributed by atoms with Crippen molar-refractivity contribution in [2.24, 2.45) is 28.7 Å². The van der Waals surface area contributed by atoms with Gasteiger partial charge in [-0.2, -0.15) is 0 Å². The molecule has 0 radical (unpaired) electrons. The number of aryl methyl sites for hydroxylation is 2. The topological polar surface area (TPSA) is 174 Å². The molecule has 2 saturated heterocycles. The minimum absolute atomic E-state index is 0.0193. The summed E-state index contributed by atoms with van der Waals surface area (Å²) < 4.78 is 9.86. The lowest BCUT2D eigenvalue weighted by Gasteiger charge is -2.41. The monoisotopic (exact) mass is 981 g/mol. The summed E-state index contributed by atoms with van der Waals surface area (Å²) >= 11 is 0. The molecule has 3 aromatic rings. The number of carbonyl (C=O) groups is 3. The van der Waals surface area contributed by atoms with E-state index < -0.39 is 30.5 Å². The quantitative estimate of drug-likeness (QED) is 0.134. The zero-order valence-electron chi connectivity index (χ0n) is 43.6. The molecule has 3 aliphatic heterocycles. The van der Waals surface area contributed by atoms with Gasteiger partial charge in [-0.25, -0.2) is 14.6 Å². The molecule has 4 heterocycles. The van der Waals surface area contributed by atoms with Crippen molar-refractivity contribution in [2.45, 2.75) is 185 Å². The van der Waals surface area contributed by atoms with Crippen molar-refractivity contribution in [3.8, 4) is 23.7 Å². The van der Waals surface area contributed by atoms with Crippen molar-refractivity contribution in [2.75, 3.05) is 14.2 Å². The van der Waals surface area contributed by atoms with E-state index in [4.69, 9.17) is 19.5 Å². The molecule has 4 bridgehead atoms. The summed E-state index contributed by atoms with van der Waals surface area (Å²) in [5, 5.41) is 21.4.